The molecule has 2 heterocycles. The molecule has 2 aliphatic rings. The van der Waals surface area contributed by atoms with Gasteiger partial charge in [0.25, 0.3) is 0 Å². The molecule has 626 valence electrons. The zero-order valence-electron chi connectivity index (χ0n) is 65.6. The summed E-state index contributed by atoms with van der Waals surface area (Å²) in [5, 5.41) is 12.7. The van der Waals surface area contributed by atoms with E-state index in [1.807, 2.05) is 30.3 Å². The first-order valence-corrected chi connectivity index (χ1v) is 39.0. The summed E-state index contributed by atoms with van der Waals surface area (Å²) in [6, 6.07) is 79.6. The van der Waals surface area contributed by atoms with Gasteiger partial charge in [0.1, 0.15) is 50.5 Å². The summed E-state index contributed by atoms with van der Waals surface area (Å²) in [5.41, 5.74) is 1.35. The van der Waals surface area contributed by atoms with E-state index in [4.69, 9.17) is 80.5 Å². The van der Waals surface area contributed by atoms with Gasteiger partial charge in [0.15, 0.2) is 49.0 Å². The third-order valence-corrected chi connectivity index (χ3v) is 19.2. The van der Waals surface area contributed by atoms with Crippen molar-refractivity contribution in [2.45, 2.75) is 99.2 Å². The van der Waals surface area contributed by atoms with E-state index in [0.717, 1.165) is 5.56 Å². The number of ether oxygens (including phenoxy) is 17. The summed E-state index contributed by atoms with van der Waals surface area (Å²) in [6.45, 7) is -1.97. The highest BCUT2D eigenvalue weighted by molar-refractivity contribution is 5.94. The summed E-state index contributed by atoms with van der Waals surface area (Å²) in [5.74, 6) is -8.54. The van der Waals surface area contributed by atoms with Crippen molar-refractivity contribution in [3.05, 3.63) is 359 Å². The standard InChI is InChI=1S/C94H88O27/c1-62(109-59-76-80(117-89(100)68-42-22-7-23-43-68)77(95)82(119-91(102)70-46-26-9-27-47-70)94(115-76)108-55-54-105-52-53-106-56-63-32-12-2-13-33-63)78-83(120-92(103)71-48-28-10-29-49-71)84(121-93(104)72-50-30-11-31-51-72)81(118-90(101)69-44-24-8-25-45-69)74(113-78)57-107-61-112-73(58-110-85(96)64-34-14-3-15-35-64)79(116-88(99)67-40-20-6-21-41-67)75(114-87(98)66-38-18-5-19-39-66)60-111-86(97)65-36-16-4-17-37-65/h2-51,62,73-84,94-95H,52-61H2,1H3/t62?,73-,74-,75-,76-,77+,78+,79-,80-,81-,82-,83+,84+,94-/m1/s1. The smallest absolute Gasteiger partial charge is 0.338 e. The molecule has 2 saturated heterocycles. The lowest BCUT2D eigenvalue weighted by Gasteiger charge is -2.47. The molecule has 27 nitrogen and oxygen atoms in total. The maximum absolute atomic E-state index is 14.9. The highest BCUT2D eigenvalue weighted by Crippen LogP contribution is 2.36. The predicted molar refractivity (Wildman–Crippen MR) is 430 cm³/mol. The molecule has 0 amide bonds. The van der Waals surface area contributed by atoms with Crippen LogP contribution in [0, 0.1) is 0 Å². The largest absolute Gasteiger partial charge is 0.459 e. The number of esters is 9. The molecule has 10 aromatic carbocycles. The fourth-order valence-corrected chi connectivity index (χ4v) is 13.0. The summed E-state index contributed by atoms with van der Waals surface area (Å²) in [7, 11) is 0. The molecule has 14 atom stereocenters. The normalized spacial score (nSPS) is 19.6. The maximum atomic E-state index is 14.9. The zero-order valence-corrected chi connectivity index (χ0v) is 65.6. The van der Waals surface area contributed by atoms with Gasteiger partial charge in [0, 0.05) is 0 Å². The first-order chi connectivity index (χ1) is 59.1. The van der Waals surface area contributed by atoms with Crippen LogP contribution in [0.25, 0.3) is 0 Å². The molecular weight excluding hydrogens is 1560 g/mol. The molecule has 2 fully saturated rings. The first kappa shape index (κ1) is 87.4. The summed E-state index contributed by atoms with van der Waals surface area (Å²) < 4.78 is 107. The number of hydrogen-bond donors (Lipinski definition) is 1. The van der Waals surface area contributed by atoms with Crippen LogP contribution in [0.1, 0.15) is 106 Å². The van der Waals surface area contributed by atoms with Crippen molar-refractivity contribution in [1.29, 1.82) is 0 Å². The van der Waals surface area contributed by atoms with Crippen molar-refractivity contribution in [2.75, 3.05) is 59.6 Å². The molecule has 10 aromatic rings. The van der Waals surface area contributed by atoms with Crippen molar-refractivity contribution in [1.82, 2.24) is 0 Å². The maximum Gasteiger partial charge on any atom is 0.338 e. The molecule has 0 aliphatic carbocycles. The van der Waals surface area contributed by atoms with Crippen molar-refractivity contribution in [3.8, 4) is 0 Å². The van der Waals surface area contributed by atoms with Crippen LogP contribution in [0.15, 0.2) is 303 Å². The summed E-state index contributed by atoms with van der Waals surface area (Å²) in [6.07, 6.45) is -24.2. The molecule has 12 rings (SSSR count). The van der Waals surface area contributed by atoms with Crippen LogP contribution >= 0.6 is 0 Å². The zero-order chi connectivity index (χ0) is 84.5. The molecule has 27 heteroatoms. The molecule has 0 saturated carbocycles. The Labute approximate surface area is 697 Å². The van der Waals surface area contributed by atoms with E-state index in [-0.39, 0.29) is 76.5 Å². The Balaban J connectivity index is 0.895. The Bertz CT molecular complexity index is 4910. The van der Waals surface area contributed by atoms with Crippen LogP contribution < -0.4 is 0 Å². The van der Waals surface area contributed by atoms with Crippen molar-refractivity contribution in [2.24, 2.45) is 0 Å². The minimum absolute atomic E-state index is 0.00411. The van der Waals surface area contributed by atoms with Gasteiger partial charge in [-0.1, -0.05) is 194 Å². The fraction of sp³-hybridized carbons (Fsp3) is 0.266. The third kappa shape index (κ3) is 25.3. The predicted octanol–water partition coefficient (Wildman–Crippen LogP) is 12.1. The molecule has 1 N–H and O–H groups in total. The highest BCUT2D eigenvalue weighted by atomic mass is 16.7. The molecule has 0 spiro atoms. The van der Waals surface area contributed by atoms with Crippen LogP contribution in [0.2, 0.25) is 0 Å². The average molecular weight is 1650 g/mol. The van der Waals surface area contributed by atoms with E-state index in [2.05, 4.69) is 0 Å². The van der Waals surface area contributed by atoms with Crippen LogP contribution in [0.3, 0.4) is 0 Å². The molecular formula is C94H88O27. The highest BCUT2D eigenvalue weighted by Gasteiger charge is 2.56. The van der Waals surface area contributed by atoms with E-state index in [1.165, 1.54) is 116 Å². The number of carbonyl (C=O) groups excluding carboxylic acids is 9. The number of hydrogen-bond acceptors (Lipinski definition) is 27. The van der Waals surface area contributed by atoms with E-state index >= 15 is 0 Å². The SMILES string of the molecule is CC(OC[C@H]1O[C@@H](OCCOCCOCc2ccccc2)[C@H](OC(=O)c2ccccc2)[C@@H](O)[C@@H]1OC(=O)c1ccccc1)[C@@H]1O[C@H](COCO[C@H](COC(=O)c2ccccc2)[C@@H](OC(=O)c2ccccc2)[C@@H](COC(=O)c2ccccc2)OC(=O)c2ccccc2)[C@@H](OC(=O)c2ccccc2)[C@H](OC(=O)c2ccccc2)[C@H]1OC(=O)c1ccccc1. The molecule has 1 unspecified atom stereocenters. The number of aliphatic hydroxyl groups is 1. The lowest BCUT2D eigenvalue weighted by molar-refractivity contribution is -0.307. The minimum atomic E-state index is -1.93. The van der Waals surface area contributed by atoms with E-state index in [0.29, 0.717) is 6.61 Å². The fourth-order valence-electron chi connectivity index (χ4n) is 13.0. The van der Waals surface area contributed by atoms with Crippen LogP contribution in [-0.2, 0) is 87.1 Å². The summed E-state index contributed by atoms with van der Waals surface area (Å²) in [4.78, 5) is 130. The molecule has 0 aromatic heterocycles. The molecule has 0 bridgehead atoms. The second-order valence-corrected chi connectivity index (χ2v) is 27.6. The quantitative estimate of drug-likeness (QED) is 0.0161. The Morgan fingerprint density at radius 2 is 0.661 bits per heavy atom. The van der Waals surface area contributed by atoms with Gasteiger partial charge >= 0.3 is 53.7 Å². The van der Waals surface area contributed by atoms with Gasteiger partial charge < -0.3 is 85.6 Å². The van der Waals surface area contributed by atoms with Crippen molar-refractivity contribution >= 4 is 53.7 Å². The van der Waals surface area contributed by atoms with Crippen molar-refractivity contribution in [3.63, 3.8) is 0 Å². The topological polar surface area (TPSA) is 331 Å². The number of rotatable bonds is 40. The Hall–Kier alpha value is -12.9. The Morgan fingerprint density at radius 1 is 0.322 bits per heavy atom. The number of carbonyl (C=O) groups is 9. The third-order valence-electron chi connectivity index (χ3n) is 19.2. The van der Waals surface area contributed by atoms with Crippen LogP contribution in [0.5, 0.6) is 0 Å². The van der Waals surface area contributed by atoms with Gasteiger partial charge in [-0.3, -0.25) is 0 Å². The second-order valence-electron chi connectivity index (χ2n) is 27.6. The van der Waals surface area contributed by atoms with E-state index in [1.54, 1.807) is 164 Å². The van der Waals surface area contributed by atoms with Gasteiger partial charge in [-0.25, -0.2) is 43.2 Å². The minimum Gasteiger partial charge on any atom is -0.459 e. The average Bonchev–Trinajstić information content (AvgIpc) is 0.764. The van der Waals surface area contributed by atoms with Gasteiger partial charge in [-0.2, -0.15) is 0 Å². The van der Waals surface area contributed by atoms with Crippen LogP contribution in [-0.4, -0.2) is 204 Å². The lowest BCUT2D eigenvalue weighted by atomic mass is 9.91. The Kier molecular flexibility index (Phi) is 32.7. The first-order valence-electron chi connectivity index (χ1n) is 39.0. The Morgan fingerprint density at radius 3 is 1.10 bits per heavy atom. The van der Waals surface area contributed by atoms with E-state index < -0.39 is 173 Å². The van der Waals surface area contributed by atoms with Gasteiger partial charge in [0.05, 0.1) is 102 Å². The van der Waals surface area contributed by atoms with E-state index in [9.17, 15) is 48.3 Å². The number of aliphatic hydroxyl groups excluding tert-OH is 1. The van der Waals surface area contributed by atoms with Gasteiger partial charge in [-0.15, -0.1) is 0 Å². The molecule has 2 aliphatic heterocycles. The second kappa shape index (κ2) is 45.3. The summed E-state index contributed by atoms with van der Waals surface area (Å²) >= 11 is 0. The van der Waals surface area contributed by atoms with Crippen molar-refractivity contribution < 1.29 is 129 Å². The molecule has 121 heavy (non-hydrogen) atoms. The monoisotopic (exact) mass is 1650 g/mol. The number of benzene rings is 10. The van der Waals surface area contributed by atoms with Crippen LogP contribution in [0.4, 0.5) is 0 Å². The lowest BCUT2D eigenvalue weighted by Crippen LogP contribution is -2.65. The van der Waals surface area contributed by atoms with Gasteiger partial charge in [-0.05, 0) is 122 Å². The molecule has 0 radical (unpaired) electrons. The van der Waals surface area contributed by atoms with Gasteiger partial charge in [0.2, 0.25) is 0 Å².